The number of hydrogen-bond donors (Lipinski definition) is 1. The van der Waals surface area contributed by atoms with E-state index in [4.69, 9.17) is 0 Å². The number of nitrogens with zero attached hydrogens (tertiary/aromatic N) is 1. The molecular formula is C19H38N2. The highest BCUT2D eigenvalue weighted by molar-refractivity contribution is 4.97. The van der Waals surface area contributed by atoms with Gasteiger partial charge >= 0.3 is 0 Å². The number of nitrogens with one attached hydrogen (secondary N) is 1. The first-order chi connectivity index (χ1) is 9.94. The predicted molar refractivity (Wildman–Crippen MR) is 92.6 cm³/mol. The van der Waals surface area contributed by atoms with E-state index in [1.807, 2.05) is 0 Å². The lowest BCUT2D eigenvalue weighted by atomic mass is 9.84. The zero-order valence-electron chi connectivity index (χ0n) is 15.1. The van der Waals surface area contributed by atoms with Crippen LogP contribution in [-0.4, -0.2) is 37.1 Å². The van der Waals surface area contributed by atoms with Gasteiger partial charge in [0, 0.05) is 12.6 Å². The fraction of sp³-hybridized carbons (Fsp3) is 1.00. The van der Waals surface area contributed by atoms with Gasteiger partial charge in [-0.3, -0.25) is 0 Å². The Balaban J connectivity index is 1.89. The van der Waals surface area contributed by atoms with Gasteiger partial charge in [0.25, 0.3) is 0 Å². The maximum Gasteiger partial charge on any atom is 0.0159 e. The summed E-state index contributed by atoms with van der Waals surface area (Å²) < 4.78 is 0. The van der Waals surface area contributed by atoms with Crippen LogP contribution in [0.25, 0.3) is 0 Å². The van der Waals surface area contributed by atoms with Gasteiger partial charge in [0.1, 0.15) is 0 Å². The summed E-state index contributed by atoms with van der Waals surface area (Å²) in [6, 6.07) is 0.714. The Morgan fingerprint density at radius 2 is 1.90 bits per heavy atom. The summed E-state index contributed by atoms with van der Waals surface area (Å²) in [4.78, 5) is 2.78. The number of rotatable bonds is 5. The molecule has 1 aliphatic heterocycles. The van der Waals surface area contributed by atoms with Gasteiger partial charge in [0.15, 0.2) is 0 Å². The monoisotopic (exact) mass is 294 g/mol. The molecule has 2 heteroatoms. The van der Waals surface area contributed by atoms with Gasteiger partial charge in [0.2, 0.25) is 0 Å². The minimum absolute atomic E-state index is 0.479. The van der Waals surface area contributed by atoms with E-state index in [0.717, 1.165) is 24.3 Å². The van der Waals surface area contributed by atoms with Crippen LogP contribution in [-0.2, 0) is 0 Å². The van der Waals surface area contributed by atoms with Gasteiger partial charge in [-0.25, -0.2) is 0 Å². The smallest absolute Gasteiger partial charge is 0.0159 e. The highest BCUT2D eigenvalue weighted by Crippen LogP contribution is 2.41. The van der Waals surface area contributed by atoms with E-state index in [2.05, 4.69) is 44.8 Å². The van der Waals surface area contributed by atoms with E-state index in [-0.39, 0.29) is 0 Å². The topological polar surface area (TPSA) is 15.3 Å². The van der Waals surface area contributed by atoms with Crippen molar-refractivity contribution in [3.8, 4) is 0 Å². The van der Waals surface area contributed by atoms with E-state index in [1.165, 1.54) is 51.7 Å². The summed E-state index contributed by atoms with van der Waals surface area (Å²) in [6.07, 6.45) is 7.07. The molecule has 2 nitrogen and oxygen atoms in total. The molecule has 1 saturated carbocycles. The third-order valence-corrected chi connectivity index (χ3v) is 6.20. The summed E-state index contributed by atoms with van der Waals surface area (Å²) in [5.41, 5.74) is 0.479. The predicted octanol–water partition coefficient (Wildman–Crippen LogP) is 4.16. The molecule has 2 fully saturated rings. The van der Waals surface area contributed by atoms with Crippen molar-refractivity contribution in [1.82, 2.24) is 10.2 Å². The molecule has 0 bridgehead atoms. The summed E-state index contributed by atoms with van der Waals surface area (Å²) in [7, 11) is 0. The lowest BCUT2D eigenvalue weighted by Crippen LogP contribution is -2.45. The van der Waals surface area contributed by atoms with Crippen molar-refractivity contribution in [3.05, 3.63) is 0 Å². The first-order valence-electron chi connectivity index (χ1n) is 9.39. The van der Waals surface area contributed by atoms with Crippen LogP contribution in [0, 0.1) is 23.2 Å². The molecule has 0 aromatic carbocycles. The molecule has 3 unspecified atom stereocenters. The van der Waals surface area contributed by atoms with Gasteiger partial charge in [-0.15, -0.1) is 0 Å². The summed E-state index contributed by atoms with van der Waals surface area (Å²) >= 11 is 0. The van der Waals surface area contributed by atoms with E-state index in [0.29, 0.717) is 11.5 Å². The second-order valence-electron chi connectivity index (χ2n) is 8.56. The van der Waals surface area contributed by atoms with Crippen LogP contribution >= 0.6 is 0 Å². The Labute approximate surface area is 133 Å². The van der Waals surface area contributed by atoms with Crippen LogP contribution in [0.15, 0.2) is 0 Å². The summed E-state index contributed by atoms with van der Waals surface area (Å²) in [5, 5.41) is 3.79. The molecule has 124 valence electrons. The average Bonchev–Trinajstić information content (AvgIpc) is 2.62. The molecular weight excluding hydrogens is 256 g/mol. The first-order valence-corrected chi connectivity index (χ1v) is 9.39. The Hall–Kier alpha value is -0.0800. The molecule has 1 aliphatic carbocycles. The Bertz CT molecular complexity index is 311. The second-order valence-corrected chi connectivity index (χ2v) is 8.56. The van der Waals surface area contributed by atoms with Crippen LogP contribution < -0.4 is 5.32 Å². The first kappa shape index (κ1) is 17.3. The van der Waals surface area contributed by atoms with Crippen LogP contribution in [0.2, 0.25) is 0 Å². The Morgan fingerprint density at radius 3 is 2.57 bits per heavy atom. The van der Waals surface area contributed by atoms with Crippen LogP contribution in [0.3, 0.4) is 0 Å². The van der Waals surface area contributed by atoms with Crippen LogP contribution in [0.1, 0.15) is 66.7 Å². The fourth-order valence-electron chi connectivity index (χ4n) is 4.74. The van der Waals surface area contributed by atoms with Crippen molar-refractivity contribution in [2.24, 2.45) is 23.2 Å². The third-order valence-electron chi connectivity index (χ3n) is 6.20. The average molecular weight is 295 g/mol. The molecule has 0 amide bonds. The molecule has 3 atom stereocenters. The van der Waals surface area contributed by atoms with Crippen molar-refractivity contribution < 1.29 is 0 Å². The molecule has 0 aromatic heterocycles. The van der Waals surface area contributed by atoms with Crippen LogP contribution in [0.5, 0.6) is 0 Å². The highest BCUT2D eigenvalue weighted by Gasteiger charge is 2.41. The number of likely N-dealkylation sites (tertiary alicyclic amines) is 1. The SMILES string of the molecule is CCNC1C(CN2CCCC(C(C)C)CC2)CCC1(C)C. The Morgan fingerprint density at radius 1 is 1.14 bits per heavy atom. The molecule has 2 rings (SSSR count). The standard InChI is InChI=1S/C19H38N2/c1-6-20-18-17(9-11-19(18,4)5)14-21-12-7-8-16(10-13-21)15(2)3/h15-18,20H,6-14H2,1-5H3. The molecule has 0 aromatic rings. The summed E-state index contributed by atoms with van der Waals surface area (Å²) in [5.74, 6) is 2.68. The normalized spacial score (nSPS) is 34.3. The largest absolute Gasteiger partial charge is 0.313 e. The minimum atomic E-state index is 0.479. The van der Waals surface area contributed by atoms with Gasteiger partial charge in [-0.1, -0.05) is 34.6 Å². The molecule has 21 heavy (non-hydrogen) atoms. The van der Waals surface area contributed by atoms with Crippen molar-refractivity contribution in [3.63, 3.8) is 0 Å². The van der Waals surface area contributed by atoms with Crippen molar-refractivity contribution in [2.45, 2.75) is 72.8 Å². The van der Waals surface area contributed by atoms with Gasteiger partial charge in [-0.05, 0) is 74.9 Å². The molecule has 1 saturated heterocycles. The van der Waals surface area contributed by atoms with Crippen molar-refractivity contribution in [2.75, 3.05) is 26.2 Å². The van der Waals surface area contributed by atoms with E-state index < -0.39 is 0 Å². The quantitative estimate of drug-likeness (QED) is 0.819. The van der Waals surface area contributed by atoms with Crippen LogP contribution in [0.4, 0.5) is 0 Å². The van der Waals surface area contributed by atoms with Gasteiger partial charge < -0.3 is 10.2 Å². The number of hydrogen-bond acceptors (Lipinski definition) is 2. The summed E-state index contributed by atoms with van der Waals surface area (Å²) in [6.45, 7) is 17.1. The molecule has 1 N–H and O–H groups in total. The lowest BCUT2D eigenvalue weighted by molar-refractivity contribution is 0.185. The highest BCUT2D eigenvalue weighted by atomic mass is 15.1. The zero-order valence-corrected chi connectivity index (χ0v) is 15.1. The molecule has 0 radical (unpaired) electrons. The second kappa shape index (κ2) is 7.46. The van der Waals surface area contributed by atoms with Crippen molar-refractivity contribution in [1.29, 1.82) is 0 Å². The molecule has 2 aliphatic rings. The van der Waals surface area contributed by atoms with Crippen molar-refractivity contribution >= 4 is 0 Å². The zero-order chi connectivity index (χ0) is 15.5. The van der Waals surface area contributed by atoms with E-state index >= 15 is 0 Å². The van der Waals surface area contributed by atoms with Gasteiger partial charge in [-0.2, -0.15) is 0 Å². The van der Waals surface area contributed by atoms with Gasteiger partial charge in [0.05, 0.1) is 0 Å². The maximum absolute atomic E-state index is 3.79. The maximum atomic E-state index is 3.79. The minimum Gasteiger partial charge on any atom is -0.313 e. The lowest BCUT2D eigenvalue weighted by Gasteiger charge is -2.34. The van der Waals surface area contributed by atoms with E-state index in [1.54, 1.807) is 0 Å². The fourth-order valence-corrected chi connectivity index (χ4v) is 4.74. The molecule has 0 spiro atoms. The van der Waals surface area contributed by atoms with E-state index in [9.17, 15) is 0 Å². The third kappa shape index (κ3) is 4.45. The molecule has 1 heterocycles. The Kier molecular flexibility index (Phi) is 6.14.